The predicted molar refractivity (Wildman–Crippen MR) is 165 cm³/mol. The van der Waals surface area contributed by atoms with Gasteiger partial charge in [0.25, 0.3) is 11.8 Å². The van der Waals surface area contributed by atoms with Gasteiger partial charge < -0.3 is 20.7 Å². The number of primary amides is 1. The highest BCUT2D eigenvalue weighted by Gasteiger charge is 2.26. The van der Waals surface area contributed by atoms with E-state index in [0.29, 0.717) is 17.3 Å². The number of amides is 2. The Bertz CT molecular complexity index is 1360. The predicted octanol–water partition coefficient (Wildman–Crippen LogP) is 5.56. The molecular weight excluding hydrogens is 532 g/mol. The molecule has 0 unspecified atom stereocenters. The molecule has 1 aliphatic heterocycles. The number of rotatable bonds is 11. The lowest BCUT2D eigenvalue weighted by Crippen LogP contribution is -2.34. The van der Waals surface area contributed by atoms with Crippen molar-refractivity contribution in [2.45, 2.75) is 71.1 Å². The van der Waals surface area contributed by atoms with Crippen molar-refractivity contribution in [3.63, 3.8) is 0 Å². The molecule has 0 bridgehead atoms. The van der Waals surface area contributed by atoms with E-state index in [4.69, 9.17) is 10.5 Å². The number of fused-ring (bicyclic) bond motifs is 1. The van der Waals surface area contributed by atoms with Crippen molar-refractivity contribution in [2.75, 3.05) is 32.8 Å². The first-order valence-corrected chi connectivity index (χ1v) is 15.8. The van der Waals surface area contributed by atoms with Gasteiger partial charge in [-0.1, -0.05) is 42.0 Å². The number of nitrogens with one attached hydrogen (secondary N) is 1. The summed E-state index contributed by atoms with van der Waals surface area (Å²) >= 11 is 1.46. The summed E-state index contributed by atoms with van der Waals surface area (Å²) in [6, 6.07) is 12.8. The van der Waals surface area contributed by atoms with E-state index in [-0.39, 0.29) is 12.5 Å². The first-order chi connectivity index (χ1) is 19.9. The number of nitrogens with two attached hydrogens (primary N) is 1. The van der Waals surface area contributed by atoms with Crippen molar-refractivity contribution >= 4 is 23.2 Å². The standard InChI is InChI=1S/C33H42N4O3S/c1-22-9-11-26(12-10-22)33-36-23(2)31(41-33)32(39)35-17-5-6-18-37-19-15-25(16-20-37)28-14-13-24-7-3-4-8-27(24)30(28)40-21-29(34)38/h9-14,25H,3-8,15-21H2,1-2H3,(H2,34,38)(H,35,39). The molecule has 1 aromatic heterocycles. The second-order valence-electron chi connectivity index (χ2n) is 11.5. The molecule has 41 heavy (non-hydrogen) atoms. The van der Waals surface area contributed by atoms with Crippen molar-refractivity contribution in [1.29, 1.82) is 0 Å². The maximum Gasteiger partial charge on any atom is 0.263 e. The summed E-state index contributed by atoms with van der Waals surface area (Å²) in [5.74, 6) is 0.911. The number of aryl methyl sites for hydroxylation is 3. The molecule has 1 aliphatic carbocycles. The van der Waals surface area contributed by atoms with E-state index < -0.39 is 5.91 Å². The summed E-state index contributed by atoms with van der Waals surface area (Å²) in [6.45, 7) is 7.71. The third-order valence-corrected chi connectivity index (χ3v) is 9.59. The van der Waals surface area contributed by atoms with Gasteiger partial charge in [-0.25, -0.2) is 4.98 Å². The number of carbonyl (C=O) groups excluding carboxylic acids is 2. The first-order valence-electron chi connectivity index (χ1n) is 15.0. The first kappa shape index (κ1) is 29.3. The molecule has 0 saturated carbocycles. The molecular formula is C33H42N4O3S. The fourth-order valence-electron chi connectivity index (χ4n) is 6.08. The van der Waals surface area contributed by atoms with Gasteiger partial charge in [0.2, 0.25) is 0 Å². The third-order valence-electron chi connectivity index (χ3n) is 8.39. The molecule has 2 heterocycles. The molecule has 7 nitrogen and oxygen atoms in total. The minimum Gasteiger partial charge on any atom is -0.483 e. The SMILES string of the molecule is Cc1ccc(-c2nc(C)c(C(=O)NCCCCN3CCC(c4ccc5c(c4OCC(N)=O)CCCC5)CC3)s2)cc1. The quantitative estimate of drug-likeness (QED) is 0.292. The molecule has 2 aliphatic rings. The van der Waals surface area contributed by atoms with Crippen molar-refractivity contribution in [2.24, 2.45) is 5.73 Å². The van der Waals surface area contributed by atoms with Crippen LogP contribution in [0.3, 0.4) is 0 Å². The van der Waals surface area contributed by atoms with Crippen molar-refractivity contribution < 1.29 is 14.3 Å². The van der Waals surface area contributed by atoms with E-state index >= 15 is 0 Å². The van der Waals surface area contributed by atoms with Crippen molar-refractivity contribution in [1.82, 2.24) is 15.2 Å². The van der Waals surface area contributed by atoms with Crippen LogP contribution in [0.25, 0.3) is 10.6 Å². The molecule has 2 amide bonds. The Hall–Kier alpha value is -3.23. The molecule has 0 atom stereocenters. The summed E-state index contributed by atoms with van der Waals surface area (Å²) in [4.78, 5) is 32.1. The Morgan fingerprint density at radius 2 is 1.80 bits per heavy atom. The topological polar surface area (TPSA) is 97.6 Å². The van der Waals surface area contributed by atoms with Crippen LogP contribution in [0, 0.1) is 13.8 Å². The Labute approximate surface area is 247 Å². The van der Waals surface area contributed by atoms with Gasteiger partial charge in [0, 0.05) is 12.1 Å². The highest BCUT2D eigenvalue weighted by atomic mass is 32.1. The Morgan fingerprint density at radius 1 is 1.05 bits per heavy atom. The van der Waals surface area contributed by atoms with E-state index in [0.717, 1.165) is 80.2 Å². The van der Waals surface area contributed by atoms with Gasteiger partial charge in [0.15, 0.2) is 6.61 Å². The second-order valence-corrected chi connectivity index (χ2v) is 12.5. The highest BCUT2D eigenvalue weighted by Crippen LogP contribution is 2.40. The number of aromatic nitrogens is 1. The lowest BCUT2D eigenvalue weighted by molar-refractivity contribution is -0.120. The van der Waals surface area contributed by atoms with Crippen LogP contribution in [-0.4, -0.2) is 54.5 Å². The summed E-state index contributed by atoms with van der Waals surface area (Å²) in [5.41, 5.74) is 12.4. The second kappa shape index (κ2) is 13.6. The normalized spacial score (nSPS) is 15.9. The van der Waals surface area contributed by atoms with Gasteiger partial charge in [-0.2, -0.15) is 0 Å². The lowest BCUT2D eigenvalue weighted by atomic mass is 9.83. The molecule has 1 saturated heterocycles. The molecule has 5 rings (SSSR count). The van der Waals surface area contributed by atoms with E-state index in [1.54, 1.807) is 0 Å². The van der Waals surface area contributed by atoms with Crippen LogP contribution in [0.2, 0.25) is 0 Å². The number of unbranched alkanes of at least 4 members (excludes halogenated alkanes) is 1. The maximum atomic E-state index is 12.8. The summed E-state index contributed by atoms with van der Waals surface area (Å²) in [5, 5.41) is 3.98. The number of hydrogen-bond donors (Lipinski definition) is 2. The molecule has 0 radical (unpaired) electrons. The Balaban J connectivity index is 1.07. The van der Waals surface area contributed by atoms with Crippen LogP contribution in [0.15, 0.2) is 36.4 Å². The van der Waals surface area contributed by atoms with E-state index in [1.807, 2.05) is 6.92 Å². The van der Waals surface area contributed by atoms with Crippen LogP contribution in [0.1, 0.15) is 82.1 Å². The lowest BCUT2D eigenvalue weighted by Gasteiger charge is -2.34. The smallest absolute Gasteiger partial charge is 0.263 e. The monoisotopic (exact) mass is 574 g/mol. The summed E-state index contributed by atoms with van der Waals surface area (Å²) < 4.78 is 6.03. The number of hydrogen-bond acceptors (Lipinski definition) is 6. The molecule has 8 heteroatoms. The fraction of sp³-hybridized carbons (Fsp3) is 0.485. The van der Waals surface area contributed by atoms with Crippen molar-refractivity contribution in [3.8, 4) is 16.3 Å². The van der Waals surface area contributed by atoms with E-state index in [2.05, 4.69) is 58.5 Å². The molecule has 1 fully saturated rings. The van der Waals surface area contributed by atoms with Gasteiger partial charge in [0.1, 0.15) is 15.6 Å². The van der Waals surface area contributed by atoms with Crippen LogP contribution >= 0.6 is 11.3 Å². The van der Waals surface area contributed by atoms with E-state index in [1.165, 1.54) is 46.4 Å². The number of carbonyl (C=O) groups is 2. The van der Waals surface area contributed by atoms with Crippen LogP contribution in [0.5, 0.6) is 5.75 Å². The third kappa shape index (κ3) is 7.35. The van der Waals surface area contributed by atoms with E-state index in [9.17, 15) is 9.59 Å². The minimum absolute atomic E-state index is 0.0291. The number of likely N-dealkylation sites (tertiary alicyclic amines) is 1. The number of nitrogens with zero attached hydrogens (tertiary/aromatic N) is 2. The largest absolute Gasteiger partial charge is 0.483 e. The maximum absolute atomic E-state index is 12.8. The van der Waals surface area contributed by atoms with Gasteiger partial charge in [0.05, 0.1) is 5.69 Å². The number of benzene rings is 2. The van der Waals surface area contributed by atoms with Gasteiger partial charge in [-0.05, 0) is 107 Å². The zero-order valence-electron chi connectivity index (χ0n) is 24.3. The van der Waals surface area contributed by atoms with Gasteiger partial charge >= 0.3 is 0 Å². The van der Waals surface area contributed by atoms with Crippen LogP contribution < -0.4 is 15.8 Å². The molecule has 218 valence electrons. The summed E-state index contributed by atoms with van der Waals surface area (Å²) in [6.07, 6.45) is 8.64. The number of thiazole rings is 1. The molecule has 0 spiro atoms. The average molecular weight is 575 g/mol. The summed E-state index contributed by atoms with van der Waals surface area (Å²) in [7, 11) is 0. The average Bonchev–Trinajstić information content (AvgIpc) is 3.37. The van der Waals surface area contributed by atoms with Crippen LogP contribution in [0.4, 0.5) is 0 Å². The molecule has 3 N–H and O–H groups in total. The highest BCUT2D eigenvalue weighted by molar-refractivity contribution is 7.17. The van der Waals surface area contributed by atoms with Crippen molar-refractivity contribution in [3.05, 3.63) is 69.2 Å². The van der Waals surface area contributed by atoms with Gasteiger partial charge in [-0.3, -0.25) is 9.59 Å². The van der Waals surface area contributed by atoms with Crippen LogP contribution in [-0.2, 0) is 17.6 Å². The Morgan fingerprint density at radius 3 is 2.56 bits per heavy atom. The zero-order chi connectivity index (χ0) is 28.8. The fourth-order valence-corrected chi connectivity index (χ4v) is 7.07. The zero-order valence-corrected chi connectivity index (χ0v) is 25.2. The molecule has 2 aromatic carbocycles. The molecule has 3 aromatic rings. The minimum atomic E-state index is -0.426. The number of ether oxygens (including phenoxy) is 1. The Kier molecular flexibility index (Phi) is 9.72. The number of piperidine rings is 1. The van der Waals surface area contributed by atoms with Gasteiger partial charge in [-0.15, -0.1) is 11.3 Å².